The molecule has 1 atom stereocenters. The molecular weight excluding hydrogens is 284 g/mol. The van der Waals surface area contributed by atoms with E-state index < -0.39 is 5.97 Å². The summed E-state index contributed by atoms with van der Waals surface area (Å²) in [6.07, 6.45) is 2.31. The maximum Gasteiger partial charge on any atom is 0.355 e. The zero-order valence-corrected chi connectivity index (χ0v) is 12.8. The predicted octanol–water partition coefficient (Wildman–Crippen LogP) is 3.40. The minimum absolute atomic E-state index is 0.154. The summed E-state index contributed by atoms with van der Waals surface area (Å²) in [5, 5.41) is 11.5. The average Bonchev–Trinajstić information content (AvgIpc) is 2.98. The lowest BCUT2D eigenvalue weighted by Crippen LogP contribution is -2.32. The summed E-state index contributed by atoms with van der Waals surface area (Å²) in [7, 11) is 0. The van der Waals surface area contributed by atoms with Crippen LogP contribution in [0.4, 0.5) is 5.69 Å². The molecule has 0 saturated heterocycles. The Balaban J connectivity index is 1.76. The van der Waals surface area contributed by atoms with Gasteiger partial charge in [-0.2, -0.15) is 0 Å². The standard InChI is InChI=1S/C16H18N2O2S/c1-11(15-17-13(10-21-15)16(19)20)9-18-8-4-6-12-5-2-3-7-14(12)18/h2-3,5,7,10-11H,4,6,8-9H2,1H3,(H,19,20). The van der Waals surface area contributed by atoms with E-state index >= 15 is 0 Å². The molecule has 110 valence electrons. The number of fused-ring (bicyclic) bond motifs is 1. The highest BCUT2D eigenvalue weighted by Crippen LogP contribution is 2.29. The van der Waals surface area contributed by atoms with Crippen LogP contribution < -0.4 is 4.90 Å². The normalized spacial score (nSPS) is 15.6. The minimum atomic E-state index is -0.951. The van der Waals surface area contributed by atoms with E-state index in [9.17, 15) is 4.79 Å². The van der Waals surface area contributed by atoms with Gasteiger partial charge >= 0.3 is 5.97 Å². The predicted molar refractivity (Wildman–Crippen MR) is 84.5 cm³/mol. The zero-order valence-electron chi connectivity index (χ0n) is 12.0. The second-order valence-corrected chi connectivity index (χ2v) is 6.35. The maximum atomic E-state index is 10.9. The van der Waals surface area contributed by atoms with Crippen LogP contribution in [0.25, 0.3) is 0 Å². The van der Waals surface area contributed by atoms with Crippen LogP contribution in [-0.2, 0) is 6.42 Å². The third-order valence-corrected chi connectivity index (χ3v) is 4.94. The summed E-state index contributed by atoms with van der Waals surface area (Å²) in [6, 6.07) is 8.53. The number of anilines is 1. The highest BCUT2D eigenvalue weighted by atomic mass is 32.1. The molecule has 0 amide bonds. The highest BCUT2D eigenvalue weighted by molar-refractivity contribution is 7.09. The lowest BCUT2D eigenvalue weighted by Gasteiger charge is -2.32. The SMILES string of the molecule is CC(CN1CCCc2ccccc21)c1nc(C(=O)O)cs1. The first kappa shape index (κ1) is 14.1. The van der Waals surface area contributed by atoms with Gasteiger partial charge in [0.15, 0.2) is 5.69 Å². The monoisotopic (exact) mass is 302 g/mol. The number of aromatic nitrogens is 1. The van der Waals surface area contributed by atoms with Crippen molar-refractivity contribution in [2.24, 2.45) is 0 Å². The molecule has 1 unspecified atom stereocenters. The number of carboxylic acids is 1. The van der Waals surface area contributed by atoms with Gasteiger partial charge in [0.05, 0.1) is 5.01 Å². The fourth-order valence-electron chi connectivity index (χ4n) is 2.82. The van der Waals surface area contributed by atoms with Crippen molar-refractivity contribution in [1.82, 2.24) is 4.98 Å². The Morgan fingerprint density at radius 2 is 2.29 bits per heavy atom. The molecule has 21 heavy (non-hydrogen) atoms. The molecule has 0 fully saturated rings. The Kier molecular flexibility index (Phi) is 3.92. The van der Waals surface area contributed by atoms with Crippen LogP contribution in [0, 0.1) is 0 Å². The summed E-state index contributed by atoms with van der Waals surface area (Å²) in [5.74, 6) is -0.720. The van der Waals surface area contributed by atoms with E-state index in [0.717, 1.165) is 24.5 Å². The average molecular weight is 302 g/mol. The molecule has 1 aromatic carbocycles. The Morgan fingerprint density at radius 1 is 1.48 bits per heavy atom. The van der Waals surface area contributed by atoms with Crippen molar-refractivity contribution in [1.29, 1.82) is 0 Å². The number of aryl methyl sites for hydroxylation is 1. The van der Waals surface area contributed by atoms with Crippen LogP contribution in [0.2, 0.25) is 0 Å². The van der Waals surface area contributed by atoms with Crippen LogP contribution in [0.15, 0.2) is 29.6 Å². The van der Waals surface area contributed by atoms with Gasteiger partial charge in [0.2, 0.25) is 0 Å². The quantitative estimate of drug-likeness (QED) is 0.940. The summed E-state index contributed by atoms with van der Waals surface area (Å²) < 4.78 is 0. The summed E-state index contributed by atoms with van der Waals surface area (Å²) in [4.78, 5) is 17.5. The first-order valence-electron chi connectivity index (χ1n) is 7.16. The van der Waals surface area contributed by atoms with Crippen molar-refractivity contribution in [2.75, 3.05) is 18.0 Å². The van der Waals surface area contributed by atoms with E-state index in [-0.39, 0.29) is 11.6 Å². The number of hydrogen-bond acceptors (Lipinski definition) is 4. The largest absolute Gasteiger partial charge is 0.476 e. The van der Waals surface area contributed by atoms with Gasteiger partial charge in [-0.3, -0.25) is 0 Å². The number of rotatable bonds is 4. The molecule has 0 aliphatic carbocycles. The lowest BCUT2D eigenvalue weighted by molar-refractivity contribution is 0.0691. The van der Waals surface area contributed by atoms with E-state index in [1.807, 2.05) is 0 Å². The molecular formula is C16H18N2O2S. The number of thiazole rings is 1. The molecule has 0 bridgehead atoms. The van der Waals surface area contributed by atoms with Crippen LogP contribution in [-0.4, -0.2) is 29.1 Å². The van der Waals surface area contributed by atoms with E-state index in [1.54, 1.807) is 5.38 Å². The molecule has 0 spiro atoms. The Hall–Kier alpha value is -1.88. The van der Waals surface area contributed by atoms with Crippen molar-refractivity contribution < 1.29 is 9.90 Å². The maximum absolute atomic E-state index is 10.9. The van der Waals surface area contributed by atoms with Crippen LogP contribution in [0.5, 0.6) is 0 Å². The van der Waals surface area contributed by atoms with Gasteiger partial charge in [-0.15, -0.1) is 11.3 Å². The molecule has 2 aromatic rings. The van der Waals surface area contributed by atoms with Gasteiger partial charge in [-0.05, 0) is 24.5 Å². The van der Waals surface area contributed by atoms with Gasteiger partial charge in [0, 0.05) is 30.1 Å². The zero-order chi connectivity index (χ0) is 14.8. The molecule has 0 radical (unpaired) electrons. The number of carboxylic acid groups (broad SMARTS) is 1. The van der Waals surface area contributed by atoms with Gasteiger partial charge < -0.3 is 10.0 Å². The molecule has 1 aromatic heterocycles. The first-order valence-corrected chi connectivity index (χ1v) is 8.04. The number of hydrogen-bond donors (Lipinski definition) is 1. The topological polar surface area (TPSA) is 53.4 Å². The van der Waals surface area contributed by atoms with Crippen LogP contribution in [0.3, 0.4) is 0 Å². The first-order chi connectivity index (χ1) is 10.1. The highest BCUT2D eigenvalue weighted by Gasteiger charge is 2.21. The van der Waals surface area contributed by atoms with Gasteiger partial charge in [-0.1, -0.05) is 25.1 Å². The second kappa shape index (κ2) is 5.85. The third-order valence-electron chi connectivity index (χ3n) is 3.86. The fraction of sp³-hybridized carbons (Fsp3) is 0.375. The van der Waals surface area contributed by atoms with Crippen molar-refractivity contribution in [3.05, 3.63) is 45.9 Å². The molecule has 1 N–H and O–H groups in total. The van der Waals surface area contributed by atoms with Gasteiger partial charge in [0.25, 0.3) is 0 Å². The smallest absolute Gasteiger partial charge is 0.355 e. The number of nitrogens with zero attached hydrogens (tertiary/aromatic N) is 2. The summed E-state index contributed by atoms with van der Waals surface area (Å²) >= 11 is 1.44. The fourth-order valence-corrected chi connectivity index (χ4v) is 3.67. The van der Waals surface area contributed by atoms with Gasteiger partial charge in [-0.25, -0.2) is 9.78 Å². The molecule has 5 heteroatoms. The molecule has 0 saturated carbocycles. The number of carbonyl (C=O) groups is 1. The Labute approximate surface area is 128 Å². The summed E-state index contributed by atoms with van der Waals surface area (Å²) in [6.45, 7) is 4.05. The van der Waals surface area contributed by atoms with Crippen molar-refractivity contribution in [3.8, 4) is 0 Å². The number of aromatic carboxylic acids is 1. The molecule has 1 aliphatic rings. The van der Waals surface area contributed by atoms with E-state index in [1.165, 1.54) is 29.0 Å². The van der Waals surface area contributed by atoms with Crippen LogP contribution in [0.1, 0.15) is 40.3 Å². The van der Waals surface area contributed by atoms with Crippen molar-refractivity contribution >= 4 is 23.0 Å². The Morgan fingerprint density at radius 3 is 3.05 bits per heavy atom. The third kappa shape index (κ3) is 2.93. The Bertz CT molecular complexity index is 653. The minimum Gasteiger partial charge on any atom is -0.476 e. The lowest BCUT2D eigenvalue weighted by atomic mass is 10.0. The molecule has 3 rings (SSSR count). The van der Waals surface area contributed by atoms with E-state index in [0.29, 0.717) is 0 Å². The number of benzene rings is 1. The van der Waals surface area contributed by atoms with E-state index in [4.69, 9.17) is 5.11 Å². The van der Waals surface area contributed by atoms with E-state index in [2.05, 4.69) is 41.1 Å². The van der Waals surface area contributed by atoms with Crippen molar-refractivity contribution in [2.45, 2.75) is 25.7 Å². The van der Waals surface area contributed by atoms with Crippen LogP contribution >= 0.6 is 11.3 Å². The van der Waals surface area contributed by atoms with Crippen molar-refractivity contribution in [3.63, 3.8) is 0 Å². The number of para-hydroxylation sites is 1. The summed E-state index contributed by atoms with van der Waals surface area (Å²) in [5.41, 5.74) is 2.87. The molecule has 4 nitrogen and oxygen atoms in total. The second-order valence-electron chi connectivity index (χ2n) is 5.46. The molecule has 2 heterocycles. The molecule has 1 aliphatic heterocycles. The van der Waals surface area contributed by atoms with Gasteiger partial charge in [0.1, 0.15) is 0 Å².